The summed E-state index contributed by atoms with van der Waals surface area (Å²) in [5.74, 6) is 0.758. The summed E-state index contributed by atoms with van der Waals surface area (Å²) >= 11 is 0. The van der Waals surface area contributed by atoms with Gasteiger partial charge in [0.15, 0.2) is 0 Å². The molecule has 0 bridgehead atoms. The quantitative estimate of drug-likeness (QED) is 0.724. The molecule has 2 nitrogen and oxygen atoms in total. The third-order valence-corrected chi connectivity index (χ3v) is 3.76. The van der Waals surface area contributed by atoms with Gasteiger partial charge in [-0.05, 0) is 30.7 Å². The summed E-state index contributed by atoms with van der Waals surface area (Å²) in [6.45, 7) is 4.68. The number of hydrogen-bond donors (Lipinski definition) is 1. The largest absolute Gasteiger partial charge is 0.461 e. The second-order valence-electron chi connectivity index (χ2n) is 5.17. The van der Waals surface area contributed by atoms with Crippen LogP contribution in [-0.4, -0.2) is 0 Å². The second-order valence-corrected chi connectivity index (χ2v) is 5.17. The predicted molar refractivity (Wildman–Crippen MR) is 84.1 cm³/mol. The van der Waals surface area contributed by atoms with E-state index < -0.39 is 0 Å². The second kappa shape index (κ2) is 5.60. The lowest BCUT2D eigenvalue weighted by atomic mass is 10.1. The number of halogens is 1. The Labute approximate surface area is 123 Å². The Balaban J connectivity index is 1.93. The molecule has 1 aromatic heterocycles. The molecule has 2 aromatic carbocycles. The lowest BCUT2D eigenvalue weighted by Gasteiger charge is -2.10. The first kappa shape index (κ1) is 13.7. The molecule has 3 heteroatoms. The molecule has 0 saturated carbocycles. The summed E-state index contributed by atoms with van der Waals surface area (Å²) in [6.07, 6.45) is 0.841. The molecule has 1 heterocycles. The smallest absolute Gasteiger partial charge is 0.134 e. The number of fused-ring (bicyclic) bond motifs is 1. The van der Waals surface area contributed by atoms with Crippen LogP contribution in [0, 0.1) is 12.7 Å². The molecule has 0 aliphatic heterocycles. The molecular formula is C18H18FNO. The molecule has 0 aliphatic rings. The van der Waals surface area contributed by atoms with E-state index in [0.29, 0.717) is 6.54 Å². The molecule has 3 aromatic rings. The minimum absolute atomic E-state index is 0.226. The zero-order valence-corrected chi connectivity index (χ0v) is 12.2. The van der Waals surface area contributed by atoms with Gasteiger partial charge < -0.3 is 9.73 Å². The van der Waals surface area contributed by atoms with E-state index in [1.54, 1.807) is 6.07 Å². The number of rotatable bonds is 4. The number of furan rings is 1. The van der Waals surface area contributed by atoms with Crippen LogP contribution in [0.4, 0.5) is 10.1 Å². The average molecular weight is 283 g/mol. The van der Waals surface area contributed by atoms with Crippen molar-refractivity contribution in [2.75, 3.05) is 5.32 Å². The van der Waals surface area contributed by atoms with Gasteiger partial charge in [-0.1, -0.05) is 31.2 Å². The van der Waals surface area contributed by atoms with Crippen LogP contribution in [0.1, 0.15) is 23.8 Å². The van der Waals surface area contributed by atoms with E-state index in [9.17, 15) is 4.39 Å². The Hall–Kier alpha value is -2.29. The van der Waals surface area contributed by atoms with Gasteiger partial charge in [0.1, 0.15) is 17.2 Å². The van der Waals surface area contributed by atoms with Crippen LogP contribution in [0.15, 0.2) is 46.9 Å². The molecule has 0 aliphatic carbocycles. The van der Waals surface area contributed by atoms with Gasteiger partial charge in [-0.3, -0.25) is 0 Å². The van der Waals surface area contributed by atoms with Gasteiger partial charge in [0, 0.05) is 29.6 Å². The highest BCUT2D eigenvalue weighted by molar-refractivity contribution is 5.82. The van der Waals surface area contributed by atoms with Crippen LogP contribution in [0.2, 0.25) is 0 Å². The number of nitrogens with one attached hydrogen (secondary N) is 1. The van der Waals surface area contributed by atoms with Crippen LogP contribution in [0.5, 0.6) is 0 Å². The topological polar surface area (TPSA) is 25.2 Å². The maximum atomic E-state index is 13.4. The highest BCUT2D eigenvalue weighted by Gasteiger charge is 2.12. The minimum Gasteiger partial charge on any atom is -0.461 e. The van der Waals surface area contributed by atoms with Gasteiger partial charge in [-0.25, -0.2) is 4.39 Å². The summed E-state index contributed by atoms with van der Waals surface area (Å²) in [4.78, 5) is 0. The van der Waals surface area contributed by atoms with Crippen LogP contribution < -0.4 is 5.32 Å². The van der Waals surface area contributed by atoms with Crippen LogP contribution in [0.3, 0.4) is 0 Å². The average Bonchev–Trinajstić information content (AvgIpc) is 2.86. The summed E-state index contributed by atoms with van der Waals surface area (Å²) in [6, 6.07) is 12.8. The fourth-order valence-electron chi connectivity index (χ4n) is 2.60. The van der Waals surface area contributed by atoms with Crippen LogP contribution >= 0.6 is 0 Å². The monoisotopic (exact) mass is 283 g/mol. The Morgan fingerprint density at radius 1 is 1.14 bits per heavy atom. The summed E-state index contributed by atoms with van der Waals surface area (Å²) in [5.41, 5.74) is 3.91. The van der Waals surface area contributed by atoms with Gasteiger partial charge in [0.25, 0.3) is 0 Å². The molecule has 0 atom stereocenters. The molecule has 0 amide bonds. The van der Waals surface area contributed by atoms with E-state index in [4.69, 9.17) is 4.42 Å². The zero-order chi connectivity index (χ0) is 14.8. The number of aryl methyl sites for hydroxylation is 2. The van der Waals surface area contributed by atoms with Crippen molar-refractivity contribution in [2.45, 2.75) is 26.8 Å². The van der Waals surface area contributed by atoms with Crippen molar-refractivity contribution in [3.63, 3.8) is 0 Å². The lowest BCUT2D eigenvalue weighted by molar-refractivity contribution is 0.551. The number of benzene rings is 2. The summed E-state index contributed by atoms with van der Waals surface area (Å²) in [7, 11) is 0. The molecule has 108 valence electrons. The van der Waals surface area contributed by atoms with Crippen molar-refractivity contribution in [3.8, 4) is 0 Å². The summed E-state index contributed by atoms with van der Waals surface area (Å²) in [5, 5.41) is 4.44. The van der Waals surface area contributed by atoms with Crippen molar-refractivity contribution in [2.24, 2.45) is 0 Å². The van der Waals surface area contributed by atoms with E-state index in [2.05, 4.69) is 18.3 Å². The molecule has 0 unspecified atom stereocenters. The predicted octanol–water partition coefficient (Wildman–Crippen LogP) is 5.05. The number of anilines is 1. The maximum Gasteiger partial charge on any atom is 0.134 e. The Bertz CT molecular complexity index is 776. The van der Waals surface area contributed by atoms with Gasteiger partial charge >= 0.3 is 0 Å². The third-order valence-electron chi connectivity index (χ3n) is 3.76. The van der Waals surface area contributed by atoms with E-state index in [1.165, 1.54) is 12.1 Å². The van der Waals surface area contributed by atoms with E-state index in [1.807, 2.05) is 25.1 Å². The first-order chi connectivity index (χ1) is 10.2. The highest BCUT2D eigenvalue weighted by atomic mass is 19.1. The fourth-order valence-corrected chi connectivity index (χ4v) is 2.60. The Kier molecular flexibility index (Phi) is 3.65. The first-order valence-corrected chi connectivity index (χ1v) is 7.18. The normalized spacial score (nSPS) is 11.0. The van der Waals surface area contributed by atoms with E-state index in [-0.39, 0.29) is 5.82 Å². The number of para-hydroxylation sites is 1. The van der Waals surface area contributed by atoms with Gasteiger partial charge in [-0.15, -0.1) is 0 Å². The van der Waals surface area contributed by atoms with Gasteiger partial charge in [-0.2, -0.15) is 0 Å². The van der Waals surface area contributed by atoms with Crippen molar-refractivity contribution >= 4 is 16.7 Å². The standard InChI is InChI=1S/C18H18FNO/c1-3-17-15(14-6-4-5-7-18(14)21-17)11-20-16-10-13(19)9-8-12(16)2/h4-10,20H,3,11H2,1-2H3. The Morgan fingerprint density at radius 3 is 2.76 bits per heavy atom. The number of hydrogen-bond acceptors (Lipinski definition) is 2. The van der Waals surface area contributed by atoms with Crippen molar-refractivity contribution in [1.82, 2.24) is 0 Å². The van der Waals surface area contributed by atoms with E-state index >= 15 is 0 Å². The van der Waals surface area contributed by atoms with Crippen LogP contribution in [-0.2, 0) is 13.0 Å². The zero-order valence-electron chi connectivity index (χ0n) is 12.2. The maximum absolute atomic E-state index is 13.4. The highest BCUT2D eigenvalue weighted by Crippen LogP contribution is 2.27. The molecule has 3 rings (SSSR count). The minimum atomic E-state index is -0.226. The summed E-state index contributed by atoms with van der Waals surface area (Å²) < 4.78 is 19.2. The van der Waals surface area contributed by atoms with Gasteiger partial charge in [0.05, 0.1) is 0 Å². The molecular weight excluding hydrogens is 265 g/mol. The third kappa shape index (κ3) is 2.64. The first-order valence-electron chi connectivity index (χ1n) is 7.18. The fraction of sp³-hybridized carbons (Fsp3) is 0.222. The van der Waals surface area contributed by atoms with Crippen LogP contribution in [0.25, 0.3) is 11.0 Å². The molecule has 21 heavy (non-hydrogen) atoms. The van der Waals surface area contributed by atoms with Crippen molar-refractivity contribution < 1.29 is 8.81 Å². The van der Waals surface area contributed by atoms with Crippen molar-refractivity contribution in [1.29, 1.82) is 0 Å². The molecule has 0 spiro atoms. The molecule has 0 radical (unpaired) electrons. The Morgan fingerprint density at radius 2 is 1.95 bits per heavy atom. The van der Waals surface area contributed by atoms with Gasteiger partial charge in [0.2, 0.25) is 0 Å². The SMILES string of the molecule is CCc1oc2ccccc2c1CNc1cc(F)ccc1C. The molecule has 0 fully saturated rings. The lowest BCUT2D eigenvalue weighted by Crippen LogP contribution is -2.03. The molecule has 1 N–H and O–H groups in total. The molecule has 0 saturated heterocycles. The van der Waals surface area contributed by atoms with E-state index in [0.717, 1.165) is 40.0 Å². The van der Waals surface area contributed by atoms with Crippen molar-refractivity contribution in [3.05, 3.63) is 65.2 Å².